The third kappa shape index (κ3) is 5.99. The number of nitrogens with zero attached hydrogens (tertiary/aromatic N) is 2. The van der Waals surface area contributed by atoms with Gasteiger partial charge in [0.05, 0.1) is 19.5 Å². The molecular formula is C30H32N2O3. The Hall–Kier alpha value is -3.41. The van der Waals surface area contributed by atoms with Gasteiger partial charge in [-0.1, -0.05) is 71.8 Å². The first-order chi connectivity index (χ1) is 17.1. The maximum atomic E-state index is 6.50. The van der Waals surface area contributed by atoms with Gasteiger partial charge in [0.25, 0.3) is 0 Å². The van der Waals surface area contributed by atoms with Crippen molar-refractivity contribution in [2.75, 3.05) is 13.2 Å². The summed E-state index contributed by atoms with van der Waals surface area (Å²) in [7, 11) is 0. The van der Waals surface area contributed by atoms with E-state index in [1.807, 2.05) is 22.9 Å². The molecule has 0 amide bonds. The highest BCUT2D eigenvalue weighted by atomic mass is 16.8. The van der Waals surface area contributed by atoms with Crippen molar-refractivity contribution >= 4 is 0 Å². The molecule has 3 aromatic carbocycles. The van der Waals surface area contributed by atoms with Gasteiger partial charge in [-0.25, -0.2) is 4.98 Å². The van der Waals surface area contributed by atoms with Crippen LogP contribution in [0.25, 0.3) is 11.1 Å². The first-order valence-corrected chi connectivity index (χ1v) is 12.2. The summed E-state index contributed by atoms with van der Waals surface area (Å²) >= 11 is 0. The standard InChI is InChI=1S/C30H32N2O3/c1-23-3-7-25(8-4-23)15-16-30(21-32-18-17-31-22-32)34-20-29(35-30)19-33-28-13-11-27(12-14-28)26-9-5-24(2)6-10-26/h3-14,17-18,22,29H,15-16,19-21H2,1-2H3. The van der Waals surface area contributed by atoms with Crippen LogP contribution in [0, 0.1) is 13.8 Å². The number of benzene rings is 3. The predicted octanol–water partition coefficient (Wildman–Crippen LogP) is 5.99. The summed E-state index contributed by atoms with van der Waals surface area (Å²) in [5, 5.41) is 0. The Morgan fingerprint density at radius 2 is 1.57 bits per heavy atom. The van der Waals surface area contributed by atoms with E-state index in [0.29, 0.717) is 19.8 Å². The minimum Gasteiger partial charge on any atom is -0.491 e. The zero-order chi connectivity index (χ0) is 24.1. The van der Waals surface area contributed by atoms with Crippen LogP contribution in [-0.2, 0) is 22.4 Å². The molecule has 35 heavy (non-hydrogen) atoms. The lowest BCUT2D eigenvalue weighted by molar-refractivity contribution is -0.184. The lowest BCUT2D eigenvalue weighted by Gasteiger charge is -2.28. The molecule has 5 heteroatoms. The van der Waals surface area contributed by atoms with Crippen molar-refractivity contribution in [3.63, 3.8) is 0 Å². The van der Waals surface area contributed by atoms with E-state index in [0.717, 1.165) is 18.6 Å². The Morgan fingerprint density at radius 1 is 0.914 bits per heavy atom. The molecule has 5 rings (SSSR count). The normalized spacial score (nSPS) is 19.7. The maximum absolute atomic E-state index is 6.50. The van der Waals surface area contributed by atoms with Crippen LogP contribution in [0.4, 0.5) is 0 Å². The monoisotopic (exact) mass is 468 g/mol. The van der Waals surface area contributed by atoms with Crippen molar-refractivity contribution in [2.45, 2.75) is 45.1 Å². The minimum atomic E-state index is -0.699. The average molecular weight is 469 g/mol. The zero-order valence-corrected chi connectivity index (χ0v) is 20.4. The number of hydrogen-bond acceptors (Lipinski definition) is 4. The van der Waals surface area contributed by atoms with Crippen molar-refractivity contribution in [1.82, 2.24) is 9.55 Å². The minimum absolute atomic E-state index is 0.131. The smallest absolute Gasteiger partial charge is 0.187 e. The second-order valence-electron chi connectivity index (χ2n) is 9.38. The van der Waals surface area contributed by atoms with Gasteiger partial charge in [-0.05, 0) is 49.1 Å². The molecule has 180 valence electrons. The van der Waals surface area contributed by atoms with E-state index in [2.05, 4.69) is 79.5 Å². The highest BCUT2D eigenvalue weighted by Crippen LogP contribution is 2.31. The summed E-state index contributed by atoms with van der Waals surface area (Å²) in [5.41, 5.74) is 6.18. The molecule has 1 fully saturated rings. The molecule has 1 aliphatic heterocycles. The van der Waals surface area contributed by atoms with E-state index < -0.39 is 5.79 Å². The molecule has 0 bridgehead atoms. The van der Waals surface area contributed by atoms with E-state index in [9.17, 15) is 0 Å². The maximum Gasteiger partial charge on any atom is 0.187 e. The van der Waals surface area contributed by atoms with Crippen LogP contribution in [0.15, 0.2) is 91.5 Å². The van der Waals surface area contributed by atoms with Crippen LogP contribution in [0.1, 0.15) is 23.1 Å². The van der Waals surface area contributed by atoms with Crippen molar-refractivity contribution in [2.24, 2.45) is 0 Å². The Bertz CT molecular complexity index is 1200. The number of hydrogen-bond donors (Lipinski definition) is 0. The predicted molar refractivity (Wildman–Crippen MR) is 137 cm³/mol. The zero-order valence-electron chi connectivity index (χ0n) is 20.4. The van der Waals surface area contributed by atoms with Crippen LogP contribution in [0.3, 0.4) is 0 Å². The fourth-order valence-electron chi connectivity index (χ4n) is 4.42. The van der Waals surface area contributed by atoms with Crippen LogP contribution in [-0.4, -0.2) is 34.7 Å². The number of imidazole rings is 1. The van der Waals surface area contributed by atoms with Gasteiger partial charge < -0.3 is 18.8 Å². The van der Waals surface area contributed by atoms with Gasteiger partial charge in [-0.3, -0.25) is 0 Å². The molecule has 0 radical (unpaired) electrons. The number of rotatable bonds is 9. The second-order valence-corrected chi connectivity index (χ2v) is 9.38. The first kappa shape index (κ1) is 23.3. The molecular weight excluding hydrogens is 436 g/mol. The molecule has 0 N–H and O–H groups in total. The molecule has 2 atom stereocenters. The summed E-state index contributed by atoms with van der Waals surface area (Å²) in [6.07, 6.45) is 7.04. The van der Waals surface area contributed by atoms with Gasteiger partial charge in [0.1, 0.15) is 18.5 Å². The lowest BCUT2D eigenvalue weighted by atomic mass is 10.0. The summed E-state index contributed by atoms with van der Waals surface area (Å²) in [4.78, 5) is 4.18. The van der Waals surface area contributed by atoms with Gasteiger partial charge in [-0.2, -0.15) is 0 Å². The molecule has 0 saturated carbocycles. The van der Waals surface area contributed by atoms with Crippen LogP contribution < -0.4 is 4.74 Å². The SMILES string of the molecule is Cc1ccc(CCC2(Cn3ccnc3)OCC(COc3ccc(-c4ccc(C)cc4)cc3)O2)cc1. The van der Waals surface area contributed by atoms with E-state index in [-0.39, 0.29) is 6.10 Å². The highest BCUT2D eigenvalue weighted by Gasteiger charge is 2.42. The average Bonchev–Trinajstić information content (AvgIpc) is 3.54. The van der Waals surface area contributed by atoms with E-state index >= 15 is 0 Å². The molecule has 2 heterocycles. The molecule has 0 spiro atoms. The largest absolute Gasteiger partial charge is 0.491 e. The van der Waals surface area contributed by atoms with Crippen LogP contribution >= 0.6 is 0 Å². The first-order valence-electron chi connectivity index (χ1n) is 12.2. The molecule has 2 unspecified atom stereocenters. The van der Waals surface area contributed by atoms with Crippen molar-refractivity contribution in [3.8, 4) is 16.9 Å². The van der Waals surface area contributed by atoms with Gasteiger partial charge >= 0.3 is 0 Å². The van der Waals surface area contributed by atoms with Crippen molar-refractivity contribution < 1.29 is 14.2 Å². The molecule has 0 aliphatic carbocycles. The topological polar surface area (TPSA) is 45.5 Å². The summed E-state index contributed by atoms with van der Waals surface area (Å²) in [6, 6.07) is 25.4. The van der Waals surface area contributed by atoms with E-state index in [1.165, 1.54) is 27.8 Å². The number of aromatic nitrogens is 2. The third-order valence-corrected chi connectivity index (χ3v) is 6.49. The fraction of sp³-hybridized carbons (Fsp3) is 0.300. The third-order valence-electron chi connectivity index (χ3n) is 6.49. The van der Waals surface area contributed by atoms with E-state index in [4.69, 9.17) is 14.2 Å². The molecule has 1 saturated heterocycles. The van der Waals surface area contributed by atoms with Crippen molar-refractivity contribution in [3.05, 3.63) is 108 Å². The number of ether oxygens (including phenoxy) is 3. The quantitative estimate of drug-likeness (QED) is 0.303. The Morgan fingerprint density at radius 3 is 2.23 bits per heavy atom. The Kier molecular flexibility index (Phi) is 6.98. The van der Waals surface area contributed by atoms with Gasteiger partial charge in [0.2, 0.25) is 0 Å². The fourth-order valence-corrected chi connectivity index (χ4v) is 4.42. The number of aryl methyl sites for hydroxylation is 3. The second kappa shape index (κ2) is 10.5. The Labute approximate surface area is 207 Å². The lowest BCUT2D eigenvalue weighted by Crippen LogP contribution is -2.37. The molecule has 5 nitrogen and oxygen atoms in total. The van der Waals surface area contributed by atoms with Gasteiger partial charge in [0, 0.05) is 18.8 Å². The van der Waals surface area contributed by atoms with E-state index in [1.54, 1.807) is 12.5 Å². The Balaban J connectivity index is 1.20. The van der Waals surface area contributed by atoms with Crippen molar-refractivity contribution in [1.29, 1.82) is 0 Å². The highest BCUT2D eigenvalue weighted by molar-refractivity contribution is 5.64. The van der Waals surface area contributed by atoms with Gasteiger partial charge in [0.15, 0.2) is 5.79 Å². The molecule has 1 aromatic heterocycles. The summed E-state index contributed by atoms with van der Waals surface area (Å²) in [5.74, 6) is 0.130. The summed E-state index contributed by atoms with van der Waals surface area (Å²) < 4.78 is 20.9. The van der Waals surface area contributed by atoms with Crippen LogP contribution in [0.2, 0.25) is 0 Å². The van der Waals surface area contributed by atoms with Gasteiger partial charge in [-0.15, -0.1) is 0 Å². The molecule has 1 aliphatic rings. The summed E-state index contributed by atoms with van der Waals surface area (Å²) in [6.45, 7) is 5.75. The van der Waals surface area contributed by atoms with Crippen LogP contribution in [0.5, 0.6) is 5.75 Å². The molecule has 4 aromatic rings.